The van der Waals surface area contributed by atoms with Gasteiger partial charge in [0.05, 0.1) is 21.3 Å². The molecule has 0 fully saturated rings. The molecular formula is C15H23NO4. The van der Waals surface area contributed by atoms with Gasteiger partial charge in [-0.2, -0.15) is 0 Å². The molecule has 0 aliphatic rings. The summed E-state index contributed by atoms with van der Waals surface area (Å²) in [5, 5.41) is 2.97. The van der Waals surface area contributed by atoms with Gasteiger partial charge in [-0.15, -0.1) is 0 Å². The van der Waals surface area contributed by atoms with Gasteiger partial charge in [-0.1, -0.05) is 6.92 Å². The molecule has 1 aromatic carbocycles. The van der Waals surface area contributed by atoms with Crippen molar-refractivity contribution in [1.82, 2.24) is 5.32 Å². The van der Waals surface area contributed by atoms with Gasteiger partial charge in [-0.3, -0.25) is 4.79 Å². The van der Waals surface area contributed by atoms with Gasteiger partial charge in [0.1, 0.15) is 0 Å². The fourth-order valence-electron chi connectivity index (χ4n) is 1.68. The van der Waals surface area contributed by atoms with Gasteiger partial charge in [0, 0.05) is 11.1 Å². The maximum absolute atomic E-state index is 12.3. The number of carbonyl (C=O) groups is 1. The van der Waals surface area contributed by atoms with Crippen LogP contribution in [0.15, 0.2) is 12.1 Å². The zero-order valence-electron chi connectivity index (χ0n) is 13.0. The van der Waals surface area contributed by atoms with Gasteiger partial charge in [-0.25, -0.2) is 0 Å². The molecule has 0 saturated heterocycles. The highest BCUT2D eigenvalue weighted by atomic mass is 16.5. The monoisotopic (exact) mass is 281 g/mol. The number of amides is 1. The van der Waals surface area contributed by atoms with Crippen LogP contribution in [0.5, 0.6) is 17.2 Å². The van der Waals surface area contributed by atoms with Crippen molar-refractivity contribution in [3.63, 3.8) is 0 Å². The fraction of sp³-hybridized carbons (Fsp3) is 0.533. The van der Waals surface area contributed by atoms with Crippen molar-refractivity contribution in [2.75, 3.05) is 21.3 Å². The third kappa shape index (κ3) is 3.56. The summed E-state index contributed by atoms with van der Waals surface area (Å²) in [6, 6.07) is 3.28. The minimum absolute atomic E-state index is 0.170. The van der Waals surface area contributed by atoms with Crippen molar-refractivity contribution in [3.8, 4) is 17.2 Å². The summed E-state index contributed by atoms with van der Waals surface area (Å²) < 4.78 is 15.7. The first-order valence-electron chi connectivity index (χ1n) is 6.51. The van der Waals surface area contributed by atoms with E-state index in [1.54, 1.807) is 12.1 Å². The van der Waals surface area contributed by atoms with Crippen molar-refractivity contribution in [3.05, 3.63) is 17.7 Å². The van der Waals surface area contributed by atoms with Gasteiger partial charge in [0.2, 0.25) is 5.75 Å². The Morgan fingerprint density at radius 3 is 1.95 bits per heavy atom. The Morgan fingerprint density at radius 1 is 1.10 bits per heavy atom. The van der Waals surface area contributed by atoms with E-state index in [4.69, 9.17) is 14.2 Å². The molecule has 20 heavy (non-hydrogen) atoms. The lowest BCUT2D eigenvalue weighted by Gasteiger charge is -2.25. The summed E-state index contributed by atoms with van der Waals surface area (Å²) >= 11 is 0. The molecule has 0 radical (unpaired) electrons. The van der Waals surface area contributed by atoms with Gasteiger partial charge in [0.15, 0.2) is 11.5 Å². The van der Waals surface area contributed by atoms with Crippen molar-refractivity contribution in [2.45, 2.75) is 32.7 Å². The second-order valence-electron chi connectivity index (χ2n) is 5.11. The molecule has 1 amide bonds. The largest absolute Gasteiger partial charge is 0.493 e. The van der Waals surface area contributed by atoms with E-state index in [-0.39, 0.29) is 11.4 Å². The summed E-state index contributed by atoms with van der Waals surface area (Å²) in [6.45, 7) is 5.97. The maximum atomic E-state index is 12.3. The Bertz CT molecular complexity index is 458. The smallest absolute Gasteiger partial charge is 0.251 e. The lowest BCUT2D eigenvalue weighted by Crippen LogP contribution is -2.42. The summed E-state index contributed by atoms with van der Waals surface area (Å²) in [5.74, 6) is 1.23. The normalized spacial score (nSPS) is 10.9. The van der Waals surface area contributed by atoms with Gasteiger partial charge in [-0.05, 0) is 32.4 Å². The second-order valence-corrected chi connectivity index (χ2v) is 5.11. The van der Waals surface area contributed by atoms with Gasteiger partial charge >= 0.3 is 0 Å². The average Bonchev–Trinajstić information content (AvgIpc) is 2.44. The molecule has 0 aliphatic heterocycles. The fourth-order valence-corrected chi connectivity index (χ4v) is 1.68. The first kappa shape index (κ1) is 16.1. The summed E-state index contributed by atoms with van der Waals surface area (Å²) in [7, 11) is 4.57. The Kier molecular flexibility index (Phi) is 5.25. The van der Waals surface area contributed by atoms with Crippen LogP contribution in [0.1, 0.15) is 37.6 Å². The van der Waals surface area contributed by atoms with Crippen molar-refractivity contribution in [1.29, 1.82) is 0 Å². The van der Waals surface area contributed by atoms with E-state index < -0.39 is 0 Å². The highest BCUT2D eigenvalue weighted by molar-refractivity contribution is 5.96. The molecule has 0 unspecified atom stereocenters. The first-order chi connectivity index (χ1) is 9.38. The molecule has 0 aromatic heterocycles. The average molecular weight is 281 g/mol. The quantitative estimate of drug-likeness (QED) is 0.871. The van der Waals surface area contributed by atoms with Crippen LogP contribution in [0.25, 0.3) is 0 Å². The minimum Gasteiger partial charge on any atom is -0.493 e. The van der Waals surface area contributed by atoms with E-state index in [9.17, 15) is 4.79 Å². The molecule has 0 heterocycles. The Morgan fingerprint density at radius 2 is 1.60 bits per heavy atom. The summed E-state index contributed by atoms with van der Waals surface area (Å²) in [6.07, 6.45) is 0.836. The molecule has 1 N–H and O–H groups in total. The molecular weight excluding hydrogens is 258 g/mol. The molecule has 5 nitrogen and oxygen atoms in total. The molecule has 0 bridgehead atoms. The Balaban J connectivity index is 3.16. The van der Waals surface area contributed by atoms with E-state index in [1.165, 1.54) is 21.3 Å². The molecule has 1 aromatic rings. The van der Waals surface area contributed by atoms with Crippen LogP contribution in [-0.2, 0) is 0 Å². The lowest BCUT2D eigenvalue weighted by molar-refractivity contribution is 0.0910. The van der Waals surface area contributed by atoms with Crippen LogP contribution < -0.4 is 19.5 Å². The van der Waals surface area contributed by atoms with Crippen molar-refractivity contribution in [2.24, 2.45) is 0 Å². The first-order valence-corrected chi connectivity index (χ1v) is 6.51. The molecule has 0 spiro atoms. The van der Waals surface area contributed by atoms with Crippen molar-refractivity contribution < 1.29 is 19.0 Å². The maximum Gasteiger partial charge on any atom is 0.251 e. The van der Waals surface area contributed by atoms with Crippen LogP contribution in [0.2, 0.25) is 0 Å². The number of hydrogen-bond donors (Lipinski definition) is 1. The third-order valence-electron chi connectivity index (χ3n) is 3.26. The van der Waals surface area contributed by atoms with Crippen molar-refractivity contribution >= 4 is 5.91 Å². The predicted molar refractivity (Wildman–Crippen MR) is 77.9 cm³/mol. The molecule has 1 rings (SSSR count). The third-order valence-corrected chi connectivity index (χ3v) is 3.26. The number of ether oxygens (including phenoxy) is 3. The lowest BCUT2D eigenvalue weighted by atomic mass is 10.0. The topological polar surface area (TPSA) is 56.8 Å². The molecule has 0 aliphatic carbocycles. The number of methoxy groups -OCH3 is 3. The van der Waals surface area contributed by atoms with E-state index in [0.717, 1.165) is 6.42 Å². The summed E-state index contributed by atoms with van der Waals surface area (Å²) in [4.78, 5) is 12.3. The van der Waals surface area contributed by atoms with Crippen LogP contribution in [0.4, 0.5) is 0 Å². The summed E-state index contributed by atoms with van der Waals surface area (Å²) in [5.41, 5.74) is 0.207. The van der Waals surface area contributed by atoms with Crippen LogP contribution in [0, 0.1) is 0 Å². The van der Waals surface area contributed by atoms with E-state index in [0.29, 0.717) is 22.8 Å². The standard InChI is InChI=1S/C15H23NO4/c1-7-15(2,3)16-14(17)10-8-11(18-4)13(20-6)12(9-10)19-5/h8-9H,7H2,1-6H3,(H,16,17). The number of rotatable bonds is 6. The highest BCUT2D eigenvalue weighted by Gasteiger charge is 2.22. The molecule has 0 atom stereocenters. The zero-order chi connectivity index (χ0) is 15.3. The predicted octanol–water partition coefficient (Wildman–Crippen LogP) is 2.63. The van der Waals surface area contributed by atoms with Crippen LogP contribution >= 0.6 is 0 Å². The number of hydrogen-bond acceptors (Lipinski definition) is 4. The zero-order valence-corrected chi connectivity index (χ0v) is 13.0. The van der Waals surface area contributed by atoms with Gasteiger partial charge in [0.25, 0.3) is 5.91 Å². The van der Waals surface area contributed by atoms with Crippen LogP contribution in [-0.4, -0.2) is 32.8 Å². The SMILES string of the molecule is CCC(C)(C)NC(=O)c1cc(OC)c(OC)c(OC)c1. The van der Waals surface area contributed by atoms with Crippen LogP contribution in [0.3, 0.4) is 0 Å². The number of carbonyl (C=O) groups excluding carboxylic acids is 1. The molecule has 112 valence electrons. The second kappa shape index (κ2) is 6.50. The van der Waals surface area contributed by atoms with E-state index >= 15 is 0 Å². The Hall–Kier alpha value is -1.91. The molecule has 0 saturated carbocycles. The minimum atomic E-state index is -0.266. The van der Waals surface area contributed by atoms with Gasteiger partial charge < -0.3 is 19.5 Å². The highest BCUT2D eigenvalue weighted by Crippen LogP contribution is 2.38. The number of nitrogens with one attached hydrogen (secondary N) is 1. The number of benzene rings is 1. The molecule has 5 heteroatoms. The van der Waals surface area contributed by atoms with E-state index in [1.807, 2.05) is 20.8 Å². The Labute approximate surface area is 120 Å². The van der Waals surface area contributed by atoms with E-state index in [2.05, 4.69) is 5.32 Å².